The minimum Gasteiger partial charge on any atom is -0.330 e. The zero-order chi connectivity index (χ0) is 13.0. The second-order valence-electron chi connectivity index (χ2n) is 4.75. The van der Waals surface area contributed by atoms with Crippen molar-refractivity contribution in [3.8, 4) is 0 Å². The van der Waals surface area contributed by atoms with Crippen LogP contribution in [0.1, 0.15) is 17.7 Å². The van der Waals surface area contributed by atoms with Gasteiger partial charge in [0.1, 0.15) is 0 Å². The Morgan fingerprint density at radius 2 is 2.33 bits per heavy atom. The molecular formula is C12H20N2O2S2. The van der Waals surface area contributed by atoms with E-state index in [0.717, 1.165) is 17.7 Å². The highest BCUT2D eigenvalue weighted by atomic mass is 32.2. The van der Waals surface area contributed by atoms with Crippen molar-refractivity contribution in [3.63, 3.8) is 0 Å². The van der Waals surface area contributed by atoms with Gasteiger partial charge < -0.3 is 5.73 Å². The lowest BCUT2D eigenvalue weighted by molar-refractivity contribution is 0.271. The van der Waals surface area contributed by atoms with E-state index in [4.69, 9.17) is 5.73 Å². The van der Waals surface area contributed by atoms with E-state index in [1.54, 1.807) is 15.6 Å². The average molecular weight is 288 g/mol. The SMILES string of the molecule is NCC1CCCN(S(=O)(=O)CCc2cccs2)C1. The number of piperidine rings is 1. The Morgan fingerprint density at radius 3 is 3.00 bits per heavy atom. The Hall–Kier alpha value is -0.430. The molecule has 1 saturated heterocycles. The van der Waals surface area contributed by atoms with Gasteiger partial charge in [0, 0.05) is 18.0 Å². The second kappa shape index (κ2) is 6.14. The molecule has 2 rings (SSSR count). The van der Waals surface area contributed by atoms with Crippen LogP contribution in [0.5, 0.6) is 0 Å². The molecule has 0 spiro atoms. The lowest BCUT2D eigenvalue weighted by Crippen LogP contribution is -2.43. The van der Waals surface area contributed by atoms with Crippen molar-refractivity contribution in [1.82, 2.24) is 4.31 Å². The Bertz CT molecular complexity index is 456. The number of hydrogen-bond acceptors (Lipinski definition) is 4. The van der Waals surface area contributed by atoms with Crippen LogP contribution in [0.15, 0.2) is 17.5 Å². The highest BCUT2D eigenvalue weighted by molar-refractivity contribution is 7.89. The molecule has 0 saturated carbocycles. The first-order valence-electron chi connectivity index (χ1n) is 6.32. The van der Waals surface area contributed by atoms with Crippen LogP contribution in [-0.4, -0.2) is 38.1 Å². The molecular weight excluding hydrogens is 268 g/mol. The number of aryl methyl sites for hydroxylation is 1. The van der Waals surface area contributed by atoms with Crippen molar-refractivity contribution in [2.45, 2.75) is 19.3 Å². The van der Waals surface area contributed by atoms with Crippen LogP contribution >= 0.6 is 11.3 Å². The van der Waals surface area contributed by atoms with Gasteiger partial charge in [-0.05, 0) is 43.2 Å². The van der Waals surface area contributed by atoms with Gasteiger partial charge in [-0.3, -0.25) is 0 Å². The molecule has 1 fully saturated rings. The van der Waals surface area contributed by atoms with E-state index in [1.165, 1.54) is 0 Å². The monoisotopic (exact) mass is 288 g/mol. The third-order valence-corrected chi connectivity index (χ3v) is 6.17. The van der Waals surface area contributed by atoms with Crippen molar-refractivity contribution < 1.29 is 8.42 Å². The fourth-order valence-corrected chi connectivity index (χ4v) is 4.70. The molecule has 1 aliphatic rings. The number of thiophene rings is 1. The standard InChI is InChI=1S/C12H20N2O2S2/c13-9-11-3-1-6-14(10-11)18(15,16)8-5-12-4-2-7-17-12/h2,4,7,11H,1,3,5-6,8-10,13H2. The summed E-state index contributed by atoms with van der Waals surface area (Å²) in [6.07, 6.45) is 2.59. The Labute approximate surface area is 113 Å². The fraction of sp³-hybridized carbons (Fsp3) is 0.667. The molecule has 4 nitrogen and oxygen atoms in total. The maximum atomic E-state index is 12.2. The van der Waals surface area contributed by atoms with Gasteiger partial charge in [-0.25, -0.2) is 12.7 Å². The summed E-state index contributed by atoms with van der Waals surface area (Å²) in [5.41, 5.74) is 5.64. The summed E-state index contributed by atoms with van der Waals surface area (Å²) < 4.78 is 26.1. The molecule has 18 heavy (non-hydrogen) atoms. The fourth-order valence-electron chi connectivity index (χ4n) is 2.29. The Morgan fingerprint density at radius 1 is 1.50 bits per heavy atom. The van der Waals surface area contributed by atoms with Gasteiger partial charge in [0.2, 0.25) is 10.0 Å². The van der Waals surface area contributed by atoms with Gasteiger partial charge in [-0.1, -0.05) is 6.07 Å². The van der Waals surface area contributed by atoms with Crippen LogP contribution in [-0.2, 0) is 16.4 Å². The van der Waals surface area contributed by atoms with Crippen LogP contribution in [0.25, 0.3) is 0 Å². The molecule has 2 heterocycles. The highest BCUT2D eigenvalue weighted by Gasteiger charge is 2.27. The molecule has 1 atom stereocenters. The van der Waals surface area contributed by atoms with Gasteiger partial charge in [-0.15, -0.1) is 11.3 Å². The number of sulfonamides is 1. The summed E-state index contributed by atoms with van der Waals surface area (Å²) in [5.74, 6) is 0.542. The average Bonchev–Trinajstić information content (AvgIpc) is 2.90. The van der Waals surface area contributed by atoms with Gasteiger partial charge in [-0.2, -0.15) is 0 Å². The molecule has 0 radical (unpaired) electrons. The molecule has 1 aromatic heterocycles. The van der Waals surface area contributed by atoms with E-state index >= 15 is 0 Å². The molecule has 1 aromatic rings. The van der Waals surface area contributed by atoms with E-state index in [0.29, 0.717) is 32.0 Å². The third-order valence-electron chi connectivity index (χ3n) is 3.39. The lowest BCUT2D eigenvalue weighted by atomic mass is 10.0. The van der Waals surface area contributed by atoms with Gasteiger partial charge in [0.05, 0.1) is 5.75 Å². The van der Waals surface area contributed by atoms with Crippen molar-refractivity contribution in [1.29, 1.82) is 0 Å². The van der Waals surface area contributed by atoms with Crippen molar-refractivity contribution in [2.24, 2.45) is 11.7 Å². The Kier molecular flexibility index (Phi) is 4.77. The molecule has 0 aromatic carbocycles. The molecule has 0 amide bonds. The third kappa shape index (κ3) is 3.54. The van der Waals surface area contributed by atoms with Gasteiger partial charge in [0.25, 0.3) is 0 Å². The summed E-state index contributed by atoms with van der Waals surface area (Å²) in [6.45, 7) is 1.84. The normalized spacial score (nSPS) is 22.2. The molecule has 0 bridgehead atoms. The van der Waals surface area contributed by atoms with E-state index in [-0.39, 0.29) is 5.75 Å². The summed E-state index contributed by atoms with van der Waals surface area (Å²) in [5, 5.41) is 1.98. The molecule has 1 aliphatic heterocycles. The summed E-state index contributed by atoms with van der Waals surface area (Å²) in [4.78, 5) is 1.13. The zero-order valence-electron chi connectivity index (χ0n) is 10.4. The van der Waals surface area contributed by atoms with E-state index in [1.807, 2.05) is 17.5 Å². The first kappa shape index (κ1) is 14.0. The second-order valence-corrected chi connectivity index (χ2v) is 7.87. The predicted molar refractivity (Wildman–Crippen MR) is 75.2 cm³/mol. The summed E-state index contributed by atoms with van der Waals surface area (Å²) in [6, 6.07) is 3.94. The minimum atomic E-state index is -3.12. The molecule has 6 heteroatoms. The van der Waals surface area contributed by atoms with Crippen LogP contribution in [0.4, 0.5) is 0 Å². The van der Waals surface area contributed by atoms with E-state index in [9.17, 15) is 8.42 Å². The topological polar surface area (TPSA) is 63.4 Å². The number of rotatable bonds is 5. The van der Waals surface area contributed by atoms with Crippen LogP contribution in [0.3, 0.4) is 0 Å². The molecule has 2 N–H and O–H groups in total. The van der Waals surface area contributed by atoms with Crippen LogP contribution in [0, 0.1) is 5.92 Å². The first-order valence-corrected chi connectivity index (χ1v) is 8.81. The lowest BCUT2D eigenvalue weighted by Gasteiger charge is -2.31. The van der Waals surface area contributed by atoms with E-state index in [2.05, 4.69) is 0 Å². The van der Waals surface area contributed by atoms with Crippen molar-refractivity contribution in [2.75, 3.05) is 25.4 Å². The van der Waals surface area contributed by atoms with Gasteiger partial charge >= 0.3 is 0 Å². The highest BCUT2D eigenvalue weighted by Crippen LogP contribution is 2.19. The maximum Gasteiger partial charge on any atom is 0.214 e. The molecule has 0 aliphatic carbocycles. The summed E-state index contributed by atoms with van der Waals surface area (Å²) >= 11 is 1.61. The molecule has 102 valence electrons. The van der Waals surface area contributed by atoms with Crippen LogP contribution in [0.2, 0.25) is 0 Å². The summed E-state index contributed by atoms with van der Waals surface area (Å²) in [7, 11) is -3.12. The van der Waals surface area contributed by atoms with Crippen molar-refractivity contribution >= 4 is 21.4 Å². The predicted octanol–water partition coefficient (Wildman–Crippen LogP) is 1.29. The smallest absolute Gasteiger partial charge is 0.214 e. The first-order chi connectivity index (χ1) is 8.62. The Balaban J connectivity index is 1.93. The van der Waals surface area contributed by atoms with E-state index < -0.39 is 10.0 Å². The van der Waals surface area contributed by atoms with Crippen LogP contribution < -0.4 is 5.73 Å². The quantitative estimate of drug-likeness (QED) is 0.888. The largest absolute Gasteiger partial charge is 0.330 e. The number of nitrogens with zero attached hydrogens (tertiary/aromatic N) is 1. The number of nitrogens with two attached hydrogens (primary N) is 1. The van der Waals surface area contributed by atoms with Gasteiger partial charge in [0.15, 0.2) is 0 Å². The maximum absolute atomic E-state index is 12.2. The molecule has 1 unspecified atom stereocenters. The minimum absolute atomic E-state index is 0.213. The zero-order valence-corrected chi connectivity index (χ0v) is 12.0. The number of hydrogen-bond donors (Lipinski definition) is 1. The van der Waals surface area contributed by atoms with Crippen molar-refractivity contribution in [3.05, 3.63) is 22.4 Å².